The molecule has 2 rings (SSSR count). The molecule has 6 heteroatoms. The van der Waals surface area contributed by atoms with Gasteiger partial charge in [0.05, 0.1) is 17.1 Å². The first-order chi connectivity index (χ1) is 10.0. The highest BCUT2D eigenvalue weighted by Gasteiger charge is 2.51. The Hall–Kier alpha value is -1.40. The van der Waals surface area contributed by atoms with Gasteiger partial charge in [-0.05, 0) is 51.2 Å². The molecule has 0 bridgehead atoms. The van der Waals surface area contributed by atoms with Crippen LogP contribution < -0.4 is 5.46 Å². The van der Waals surface area contributed by atoms with Gasteiger partial charge in [-0.25, -0.2) is 4.39 Å². The zero-order valence-electron chi connectivity index (χ0n) is 13.6. The molecule has 1 aromatic rings. The Morgan fingerprint density at radius 2 is 1.82 bits per heavy atom. The normalized spacial score (nSPS) is 20.9. The van der Waals surface area contributed by atoms with Crippen molar-refractivity contribution in [3.05, 3.63) is 29.6 Å². The van der Waals surface area contributed by atoms with Crippen LogP contribution in [0.2, 0.25) is 0 Å². The van der Waals surface area contributed by atoms with Crippen molar-refractivity contribution in [2.45, 2.75) is 52.2 Å². The molecule has 1 N–H and O–H groups in total. The molecule has 1 atom stereocenters. The van der Waals surface area contributed by atoms with Gasteiger partial charge in [0.2, 0.25) is 0 Å². The molecule has 1 aliphatic rings. The maximum atomic E-state index is 14.2. The number of aliphatic carboxylic acids is 1. The molecule has 0 spiro atoms. The van der Waals surface area contributed by atoms with E-state index in [4.69, 9.17) is 14.4 Å². The van der Waals surface area contributed by atoms with Crippen LogP contribution in [-0.4, -0.2) is 29.4 Å². The van der Waals surface area contributed by atoms with Crippen molar-refractivity contribution in [1.29, 1.82) is 0 Å². The SMILES string of the molecule is CC(Cc1ccc(B2OC(C)(C)C(C)(C)O2)cc1F)C(=O)O. The smallest absolute Gasteiger partial charge is 0.481 e. The minimum atomic E-state index is -0.936. The summed E-state index contributed by atoms with van der Waals surface area (Å²) < 4.78 is 26.0. The summed E-state index contributed by atoms with van der Waals surface area (Å²) >= 11 is 0. The molecule has 1 aromatic carbocycles. The molecule has 1 heterocycles. The van der Waals surface area contributed by atoms with E-state index < -0.39 is 36.0 Å². The minimum absolute atomic E-state index is 0.158. The van der Waals surface area contributed by atoms with E-state index in [9.17, 15) is 9.18 Å². The monoisotopic (exact) mass is 308 g/mol. The molecule has 0 radical (unpaired) electrons. The van der Waals surface area contributed by atoms with Crippen molar-refractivity contribution in [3.63, 3.8) is 0 Å². The Bertz CT molecular complexity index is 570. The van der Waals surface area contributed by atoms with Gasteiger partial charge in [-0.2, -0.15) is 0 Å². The summed E-state index contributed by atoms with van der Waals surface area (Å²) in [6, 6.07) is 4.70. The lowest BCUT2D eigenvalue weighted by Gasteiger charge is -2.32. The Kier molecular flexibility index (Phi) is 4.37. The summed E-state index contributed by atoms with van der Waals surface area (Å²) in [6.07, 6.45) is 0.158. The first kappa shape index (κ1) is 17.0. The fraction of sp³-hybridized carbons (Fsp3) is 0.562. The van der Waals surface area contributed by atoms with Crippen LogP contribution in [0.3, 0.4) is 0 Å². The van der Waals surface area contributed by atoms with Gasteiger partial charge in [0.25, 0.3) is 0 Å². The van der Waals surface area contributed by atoms with Crippen LogP contribution in [0, 0.1) is 11.7 Å². The molecule has 0 aromatic heterocycles. The highest BCUT2D eigenvalue weighted by Crippen LogP contribution is 2.36. The van der Waals surface area contributed by atoms with Crippen LogP contribution in [0.5, 0.6) is 0 Å². The number of benzene rings is 1. The predicted octanol–water partition coefficient (Wildman–Crippen LogP) is 2.39. The molecule has 0 amide bonds. The van der Waals surface area contributed by atoms with Gasteiger partial charge < -0.3 is 14.4 Å². The second kappa shape index (κ2) is 5.67. The summed E-state index contributed by atoms with van der Waals surface area (Å²) in [4.78, 5) is 10.9. The van der Waals surface area contributed by atoms with Crippen molar-refractivity contribution in [1.82, 2.24) is 0 Å². The van der Waals surface area contributed by atoms with Crippen molar-refractivity contribution < 1.29 is 23.6 Å². The van der Waals surface area contributed by atoms with Gasteiger partial charge in [-0.15, -0.1) is 0 Å². The molecule has 1 unspecified atom stereocenters. The van der Waals surface area contributed by atoms with E-state index in [-0.39, 0.29) is 6.42 Å². The Labute approximate surface area is 130 Å². The van der Waals surface area contributed by atoms with E-state index in [1.807, 2.05) is 27.7 Å². The first-order valence-corrected chi connectivity index (χ1v) is 7.40. The summed E-state index contributed by atoms with van der Waals surface area (Å²) in [5.74, 6) is -1.99. The van der Waals surface area contributed by atoms with Gasteiger partial charge in [0.15, 0.2) is 0 Å². The zero-order chi connectivity index (χ0) is 16.7. The number of hydrogen-bond acceptors (Lipinski definition) is 3. The van der Waals surface area contributed by atoms with Crippen molar-refractivity contribution in [2.24, 2.45) is 5.92 Å². The van der Waals surface area contributed by atoms with Crippen molar-refractivity contribution in [3.8, 4) is 0 Å². The van der Waals surface area contributed by atoms with Crippen LogP contribution in [-0.2, 0) is 20.5 Å². The molecule has 0 saturated carbocycles. The van der Waals surface area contributed by atoms with Crippen LogP contribution in [0.4, 0.5) is 4.39 Å². The molecule has 22 heavy (non-hydrogen) atoms. The summed E-state index contributed by atoms with van der Waals surface area (Å²) in [5, 5.41) is 8.91. The second-order valence-corrected chi connectivity index (χ2v) is 6.88. The zero-order valence-corrected chi connectivity index (χ0v) is 13.6. The lowest BCUT2D eigenvalue weighted by Crippen LogP contribution is -2.41. The van der Waals surface area contributed by atoms with Crippen LogP contribution in [0.15, 0.2) is 18.2 Å². The summed E-state index contributed by atoms with van der Waals surface area (Å²) in [5.41, 5.74) is 0.0213. The third kappa shape index (κ3) is 3.18. The maximum Gasteiger partial charge on any atom is 0.494 e. The largest absolute Gasteiger partial charge is 0.494 e. The van der Waals surface area contributed by atoms with Gasteiger partial charge in [-0.3, -0.25) is 4.79 Å². The standard InChI is InChI=1S/C16H22BFO4/c1-10(14(19)20)8-11-6-7-12(9-13(11)18)17-21-15(2,3)16(4,5)22-17/h6-7,9-10H,8H2,1-5H3,(H,19,20). The number of carboxylic acid groups (broad SMARTS) is 1. The highest BCUT2D eigenvalue weighted by atomic mass is 19.1. The van der Waals surface area contributed by atoms with Gasteiger partial charge >= 0.3 is 13.1 Å². The van der Waals surface area contributed by atoms with E-state index in [1.54, 1.807) is 19.1 Å². The van der Waals surface area contributed by atoms with E-state index in [2.05, 4.69) is 0 Å². The lowest BCUT2D eigenvalue weighted by atomic mass is 9.78. The molecule has 4 nitrogen and oxygen atoms in total. The number of carbonyl (C=O) groups is 1. The molecular weight excluding hydrogens is 286 g/mol. The van der Waals surface area contributed by atoms with E-state index in [0.29, 0.717) is 11.0 Å². The third-order valence-electron chi connectivity index (χ3n) is 4.55. The maximum absolute atomic E-state index is 14.2. The van der Waals surface area contributed by atoms with Crippen LogP contribution >= 0.6 is 0 Å². The highest BCUT2D eigenvalue weighted by molar-refractivity contribution is 6.62. The molecular formula is C16H22BFO4. The Morgan fingerprint density at radius 3 is 2.27 bits per heavy atom. The fourth-order valence-electron chi connectivity index (χ4n) is 2.27. The fourth-order valence-corrected chi connectivity index (χ4v) is 2.27. The number of hydrogen-bond donors (Lipinski definition) is 1. The summed E-state index contributed by atoms with van der Waals surface area (Å²) in [7, 11) is -0.620. The average molecular weight is 308 g/mol. The summed E-state index contributed by atoms with van der Waals surface area (Å²) in [6.45, 7) is 9.31. The topological polar surface area (TPSA) is 55.8 Å². The van der Waals surface area contributed by atoms with E-state index >= 15 is 0 Å². The van der Waals surface area contributed by atoms with Crippen molar-refractivity contribution in [2.75, 3.05) is 0 Å². The van der Waals surface area contributed by atoms with Crippen LogP contribution in [0.25, 0.3) is 0 Å². The Balaban J connectivity index is 2.19. The lowest BCUT2D eigenvalue weighted by molar-refractivity contribution is -0.141. The first-order valence-electron chi connectivity index (χ1n) is 7.40. The predicted molar refractivity (Wildman–Crippen MR) is 82.6 cm³/mol. The number of carboxylic acids is 1. The molecule has 1 aliphatic heterocycles. The third-order valence-corrected chi connectivity index (χ3v) is 4.55. The molecule has 120 valence electrons. The van der Waals surface area contributed by atoms with Crippen LogP contribution in [0.1, 0.15) is 40.2 Å². The molecule has 1 fully saturated rings. The quantitative estimate of drug-likeness (QED) is 0.868. The van der Waals surface area contributed by atoms with Gasteiger partial charge in [0, 0.05) is 0 Å². The van der Waals surface area contributed by atoms with Gasteiger partial charge in [0.1, 0.15) is 5.82 Å². The van der Waals surface area contributed by atoms with E-state index in [1.165, 1.54) is 6.07 Å². The number of halogens is 1. The second-order valence-electron chi connectivity index (χ2n) is 6.88. The Morgan fingerprint density at radius 1 is 1.27 bits per heavy atom. The number of rotatable bonds is 4. The molecule has 0 aliphatic carbocycles. The van der Waals surface area contributed by atoms with Gasteiger partial charge in [-0.1, -0.05) is 19.1 Å². The molecule has 1 saturated heterocycles. The van der Waals surface area contributed by atoms with Crippen molar-refractivity contribution >= 4 is 18.6 Å². The van der Waals surface area contributed by atoms with E-state index in [0.717, 1.165) is 0 Å². The average Bonchev–Trinajstić information content (AvgIpc) is 2.60. The minimum Gasteiger partial charge on any atom is -0.481 e.